The highest BCUT2D eigenvalue weighted by molar-refractivity contribution is 5.93. The predicted octanol–water partition coefficient (Wildman–Crippen LogP) is 0.377. The Morgan fingerprint density at radius 2 is 2.19 bits per heavy atom. The summed E-state index contributed by atoms with van der Waals surface area (Å²) in [5, 5.41) is 9.39. The number of amides is 2. The lowest BCUT2D eigenvalue weighted by molar-refractivity contribution is -0.129. The van der Waals surface area contributed by atoms with Gasteiger partial charge in [0.2, 0.25) is 5.91 Å². The zero-order chi connectivity index (χ0) is 18.8. The van der Waals surface area contributed by atoms with E-state index in [9.17, 15) is 9.59 Å². The summed E-state index contributed by atoms with van der Waals surface area (Å²) in [6, 6.07) is 3.66. The standard InChI is InChI=1S/C18H28N6O2/c1-3-16(25)24-11-7-15(13-24)23-18(20-4-2)22-10-9-21-17(26)14-6-5-8-19-12-14/h5-6,8,12,15H,3-4,7,9-11,13H2,1-2H3,(H,21,26)(H2,20,22,23). The Morgan fingerprint density at radius 1 is 1.35 bits per heavy atom. The first-order chi connectivity index (χ1) is 12.6. The number of hydrogen-bond acceptors (Lipinski definition) is 4. The smallest absolute Gasteiger partial charge is 0.252 e. The number of carbonyl (C=O) groups is 2. The zero-order valence-electron chi connectivity index (χ0n) is 15.5. The highest BCUT2D eigenvalue weighted by Crippen LogP contribution is 2.10. The van der Waals surface area contributed by atoms with Gasteiger partial charge in [0.1, 0.15) is 0 Å². The van der Waals surface area contributed by atoms with E-state index in [1.165, 1.54) is 6.20 Å². The van der Waals surface area contributed by atoms with Gasteiger partial charge >= 0.3 is 0 Å². The van der Waals surface area contributed by atoms with Crippen molar-refractivity contribution >= 4 is 17.8 Å². The van der Waals surface area contributed by atoms with Crippen molar-refractivity contribution in [1.82, 2.24) is 25.8 Å². The van der Waals surface area contributed by atoms with Gasteiger partial charge in [0.25, 0.3) is 5.91 Å². The molecule has 1 atom stereocenters. The molecule has 0 aliphatic carbocycles. The second kappa shape index (κ2) is 10.4. The van der Waals surface area contributed by atoms with E-state index in [0.717, 1.165) is 19.5 Å². The van der Waals surface area contributed by atoms with Crippen molar-refractivity contribution in [3.05, 3.63) is 30.1 Å². The van der Waals surface area contributed by atoms with Crippen LogP contribution in [0, 0.1) is 0 Å². The lowest BCUT2D eigenvalue weighted by Crippen LogP contribution is -2.45. The molecule has 1 aromatic heterocycles. The number of nitrogens with one attached hydrogen (secondary N) is 3. The van der Waals surface area contributed by atoms with Crippen molar-refractivity contribution in [2.45, 2.75) is 32.7 Å². The monoisotopic (exact) mass is 360 g/mol. The molecule has 1 aliphatic heterocycles. The van der Waals surface area contributed by atoms with Gasteiger partial charge in [-0.25, -0.2) is 0 Å². The van der Waals surface area contributed by atoms with Gasteiger partial charge in [0.15, 0.2) is 5.96 Å². The molecule has 0 saturated carbocycles. The number of rotatable bonds is 7. The third kappa shape index (κ3) is 6.02. The van der Waals surface area contributed by atoms with Crippen LogP contribution in [0.1, 0.15) is 37.0 Å². The van der Waals surface area contributed by atoms with Gasteiger partial charge in [-0.3, -0.25) is 19.6 Å². The summed E-state index contributed by atoms with van der Waals surface area (Å²) in [6.45, 7) is 7.02. The fourth-order valence-electron chi connectivity index (χ4n) is 2.78. The lowest BCUT2D eigenvalue weighted by Gasteiger charge is -2.18. The topological polar surface area (TPSA) is 98.7 Å². The molecule has 0 radical (unpaired) electrons. The van der Waals surface area contributed by atoms with Crippen LogP contribution in [0.25, 0.3) is 0 Å². The Morgan fingerprint density at radius 3 is 2.88 bits per heavy atom. The van der Waals surface area contributed by atoms with E-state index in [1.807, 2.05) is 18.7 Å². The van der Waals surface area contributed by atoms with Crippen LogP contribution in [0.5, 0.6) is 0 Å². The van der Waals surface area contributed by atoms with Crippen molar-refractivity contribution in [2.24, 2.45) is 4.99 Å². The summed E-state index contributed by atoms with van der Waals surface area (Å²) in [5.74, 6) is 0.740. The molecular weight excluding hydrogens is 332 g/mol. The molecule has 0 bridgehead atoms. The molecule has 1 saturated heterocycles. The number of nitrogens with zero attached hydrogens (tertiary/aromatic N) is 3. The number of aliphatic imine (C=N–C) groups is 1. The molecule has 8 heteroatoms. The molecule has 8 nitrogen and oxygen atoms in total. The number of guanidine groups is 1. The van der Waals surface area contributed by atoms with E-state index in [-0.39, 0.29) is 17.9 Å². The Hall–Kier alpha value is -2.64. The van der Waals surface area contributed by atoms with E-state index in [0.29, 0.717) is 37.6 Å². The Balaban J connectivity index is 1.78. The second-order valence-corrected chi connectivity index (χ2v) is 6.08. The van der Waals surface area contributed by atoms with Crippen LogP contribution >= 0.6 is 0 Å². The molecule has 1 aliphatic rings. The minimum absolute atomic E-state index is 0.157. The fourth-order valence-corrected chi connectivity index (χ4v) is 2.78. The van der Waals surface area contributed by atoms with E-state index in [4.69, 9.17) is 0 Å². The van der Waals surface area contributed by atoms with Crippen molar-refractivity contribution in [3.63, 3.8) is 0 Å². The Bertz CT molecular complexity index is 619. The zero-order valence-corrected chi connectivity index (χ0v) is 15.5. The van der Waals surface area contributed by atoms with Crippen LogP contribution in [0.3, 0.4) is 0 Å². The molecule has 0 aromatic carbocycles. The van der Waals surface area contributed by atoms with Crippen molar-refractivity contribution in [3.8, 4) is 0 Å². The van der Waals surface area contributed by atoms with Gasteiger partial charge < -0.3 is 20.9 Å². The average molecular weight is 360 g/mol. The van der Waals surface area contributed by atoms with Crippen LogP contribution in [0.2, 0.25) is 0 Å². The summed E-state index contributed by atoms with van der Waals surface area (Å²) >= 11 is 0. The minimum atomic E-state index is -0.157. The van der Waals surface area contributed by atoms with Crippen LogP contribution in [-0.2, 0) is 4.79 Å². The molecule has 0 spiro atoms. The van der Waals surface area contributed by atoms with Crippen LogP contribution in [0.4, 0.5) is 0 Å². The second-order valence-electron chi connectivity index (χ2n) is 6.08. The SMILES string of the molecule is CCNC(=NCCNC(=O)c1cccnc1)NC1CCN(C(=O)CC)C1. The summed E-state index contributed by atoms with van der Waals surface area (Å²) < 4.78 is 0. The highest BCUT2D eigenvalue weighted by atomic mass is 16.2. The molecule has 1 fully saturated rings. The van der Waals surface area contributed by atoms with Crippen LogP contribution in [0.15, 0.2) is 29.5 Å². The largest absolute Gasteiger partial charge is 0.357 e. The quantitative estimate of drug-likeness (QED) is 0.371. The fraction of sp³-hybridized carbons (Fsp3) is 0.556. The molecule has 26 heavy (non-hydrogen) atoms. The molecule has 1 unspecified atom stereocenters. The van der Waals surface area contributed by atoms with E-state index in [2.05, 4.69) is 25.9 Å². The summed E-state index contributed by atoms with van der Waals surface area (Å²) in [6.07, 6.45) is 4.62. The van der Waals surface area contributed by atoms with Crippen molar-refractivity contribution in [1.29, 1.82) is 0 Å². The summed E-state index contributed by atoms with van der Waals surface area (Å²) in [7, 11) is 0. The third-order valence-corrected chi connectivity index (χ3v) is 4.12. The lowest BCUT2D eigenvalue weighted by atomic mass is 10.3. The van der Waals surface area contributed by atoms with E-state index in [1.54, 1.807) is 18.3 Å². The van der Waals surface area contributed by atoms with Gasteiger partial charge in [0.05, 0.1) is 12.1 Å². The number of pyridine rings is 1. The number of aromatic nitrogens is 1. The van der Waals surface area contributed by atoms with Gasteiger partial charge in [-0.1, -0.05) is 6.92 Å². The number of carbonyl (C=O) groups excluding carboxylic acids is 2. The number of hydrogen-bond donors (Lipinski definition) is 3. The maximum Gasteiger partial charge on any atom is 0.252 e. The third-order valence-electron chi connectivity index (χ3n) is 4.12. The first-order valence-electron chi connectivity index (χ1n) is 9.14. The molecule has 2 amide bonds. The Labute approximate surface area is 154 Å². The molecule has 3 N–H and O–H groups in total. The van der Waals surface area contributed by atoms with Crippen LogP contribution < -0.4 is 16.0 Å². The Kier molecular flexibility index (Phi) is 7.85. The maximum absolute atomic E-state index is 12.0. The van der Waals surface area contributed by atoms with Crippen molar-refractivity contribution < 1.29 is 9.59 Å². The average Bonchev–Trinajstić information content (AvgIpc) is 3.13. The normalized spacial score (nSPS) is 17.1. The molecule has 2 rings (SSSR count). The maximum atomic E-state index is 12.0. The highest BCUT2D eigenvalue weighted by Gasteiger charge is 2.25. The van der Waals surface area contributed by atoms with Crippen molar-refractivity contribution in [2.75, 3.05) is 32.7 Å². The predicted molar refractivity (Wildman–Crippen MR) is 101 cm³/mol. The minimum Gasteiger partial charge on any atom is -0.357 e. The molecular formula is C18H28N6O2. The van der Waals surface area contributed by atoms with Gasteiger partial charge in [0, 0.05) is 51.0 Å². The van der Waals surface area contributed by atoms with E-state index < -0.39 is 0 Å². The van der Waals surface area contributed by atoms with Gasteiger partial charge in [-0.15, -0.1) is 0 Å². The van der Waals surface area contributed by atoms with Gasteiger partial charge in [-0.2, -0.15) is 0 Å². The summed E-state index contributed by atoms with van der Waals surface area (Å²) in [4.78, 5) is 34.0. The molecule has 2 heterocycles. The first-order valence-corrected chi connectivity index (χ1v) is 9.14. The summed E-state index contributed by atoms with van der Waals surface area (Å²) in [5.41, 5.74) is 0.535. The van der Waals surface area contributed by atoms with Crippen LogP contribution in [-0.4, -0.2) is 66.4 Å². The van der Waals surface area contributed by atoms with E-state index >= 15 is 0 Å². The molecule has 142 valence electrons. The molecule has 1 aromatic rings. The first kappa shape index (κ1) is 19.7. The number of likely N-dealkylation sites (tertiary alicyclic amines) is 1. The van der Waals surface area contributed by atoms with Gasteiger partial charge in [-0.05, 0) is 25.5 Å².